The summed E-state index contributed by atoms with van der Waals surface area (Å²) >= 11 is 0. The lowest BCUT2D eigenvalue weighted by Gasteiger charge is -2.34. The molecule has 1 amide bonds. The van der Waals surface area contributed by atoms with Crippen LogP contribution in [0, 0.1) is 6.92 Å². The first-order valence-corrected chi connectivity index (χ1v) is 8.67. The quantitative estimate of drug-likeness (QED) is 0.893. The molecule has 25 heavy (non-hydrogen) atoms. The molecule has 3 heteroatoms. The molecular formula is C22H22N2O. The Morgan fingerprint density at radius 2 is 1.80 bits per heavy atom. The van der Waals surface area contributed by atoms with Crippen LogP contribution in [0.3, 0.4) is 0 Å². The number of aryl methyl sites for hydroxylation is 1. The molecular weight excluding hydrogens is 308 g/mol. The van der Waals surface area contributed by atoms with Gasteiger partial charge in [0.15, 0.2) is 0 Å². The van der Waals surface area contributed by atoms with Crippen LogP contribution in [0.1, 0.15) is 29.5 Å². The van der Waals surface area contributed by atoms with Gasteiger partial charge in [0.25, 0.3) is 0 Å². The molecule has 0 spiro atoms. The van der Waals surface area contributed by atoms with Gasteiger partial charge in [-0.1, -0.05) is 55.1 Å². The largest absolute Gasteiger partial charge is 0.359 e. The van der Waals surface area contributed by atoms with E-state index in [4.69, 9.17) is 0 Å². The molecule has 0 radical (unpaired) electrons. The molecule has 0 unspecified atom stereocenters. The van der Waals surface area contributed by atoms with Gasteiger partial charge in [0.2, 0.25) is 5.91 Å². The van der Waals surface area contributed by atoms with E-state index in [0.717, 1.165) is 24.4 Å². The summed E-state index contributed by atoms with van der Waals surface area (Å²) in [6, 6.07) is 15.3. The number of hydrogen-bond acceptors (Lipinski definition) is 2. The SMILES string of the molecule is C=C1NC(=O)CC[C@@H]1N1Cc2cc(-c3ccc(C)cc3)ccc2C1=C. The summed E-state index contributed by atoms with van der Waals surface area (Å²) in [5, 5.41) is 2.88. The normalized spacial score (nSPS) is 19.8. The Balaban J connectivity index is 1.62. The molecule has 1 fully saturated rings. The van der Waals surface area contributed by atoms with Crippen LogP contribution in [0.25, 0.3) is 16.8 Å². The predicted octanol–water partition coefficient (Wildman–Crippen LogP) is 4.24. The third-order valence-corrected chi connectivity index (χ3v) is 5.21. The molecule has 3 nitrogen and oxygen atoms in total. The summed E-state index contributed by atoms with van der Waals surface area (Å²) in [6.45, 7) is 11.3. The van der Waals surface area contributed by atoms with Crippen molar-refractivity contribution >= 4 is 11.6 Å². The molecule has 2 aromatic carbocycles. The number of fused-ring (bicyclic) bond motifs is 1. The van der Waals surface area contributed by atoms with Crippen LogP contribution in [0.4, 0.5) is 0 Å². The fourth-order valence-electron chi connectivity index (χ4n) is 3.77. The highest BCUT2D eigenvalue weighted by molar-refractivity contribution is 5.80. The molecule has 0 saturated carbocycles. The minimum atomic E-state index is 0.0604. The van der Waals surface area contributed by atoms with Gasteiger partial charge in [-0.3, -0.25) is 4.79 Å². The summed E-state index contributed by atoms with van der Waals surface area (Å²) in [7, 11) is 0. The number of rotatable bonds is 2. The van der Waals surface area contributed by atoms with E-state index in [2.05, 4.69) is 72.8 Å². The molecule has 0 aromatic heterocycles. The van der Waals surface area contributed by atoms with Crippen LogP contribution in [0.2, 0.25) is 0 Å². The Labute approximate surface area is 148 Å². The van der Waals surface area contributed by atoms with Gasteiger partial charge in [-0.2, -0.15) is 0 Å². The predicted molar refractivity (Wildman–Crippen MR) is 101 cm³/mol. The van der Waals surface area contributed by atoms with Crippen LogP contribution in [0.15, 0.2) is 61.3 Å². The first-order chi connectivity index (χ1) is 12.0. The fourth-order valence-corrected chi connectivity index (χ4v) is 3.77. The van der Waals surface area contributed by atoms with Crippen LogP contribution in [0.5, 0.6) is 0 Å². The summed E-state index contributed by atoms with van der Waals surface area (Å²) in [5.74, 6) is 0.0604. The van der Waals surface area contributed by atoms with E-state index in [0.29, 0.717) is 6.42 Å². The lowest BCUT2D eigenvalue weighted by atomic mass is 9.99. The van der Waals surface area contributed by atoms with Gasteiger partial charge < -0.3 is 10.2 Å². The van der Waals surface area contributed by atoms with E-state index >= 15 is 0 Å². The zero-order valence-electron chi connectivity index (χ0n) is 14.5. The van der Waals surface area contributed by atoms with Gasteiger partial charge >= 0.3 is 0 Å². The number of amides is 1. The Bertz CT molecular complexity index is 879. The van der Waals surface area contributed by atoms with E-state index in [1.807, 2.05) is 0 Å². The lowest BCUT2D eigenvalue weighted by molar-refractivity contribution is -0.121. The van der Waals surface area contributed by atoms with Crippen molar-refractivity contribution in [3.63, 3.8) is 0 Å². The highest BCUT2D eigenvalue weighted by Gasteiger charge is 2.33. The molecule has 1 N–H and O–H groups in total. The van der Waals surface area contributed by atoms with E-state index < -0.39 is 0 Å². The molecule has 126 valence electrons. The van der Waals surface area contributed by atoms with Gasteiger partial charge in [0, 0.05) is 29.9 Å². The molecule has 2 aromatic rings. The first kappa shape index (κ1) is 15.7. The molecule has 0 aliphatic carbocycles. The Morgan fingerprint density at radius 1 is 1.08 bits per heavy atom. The summed E-state index contributed by atoms with van der Waals surface area (Å²) in [6.07, 6.45) is 1.33. The number of hydrogen-bond donors (Lipinski definition) is 1. The topological polar surface area (TPSA) is 32.3 Å². The highest BCUT2D eigenvalue weighted by Crippen LogP contribution is 2.38. The molecule has 0 bridgehead atoms. The van der Waals surface area contributed by atoms with Crippen molar-refractivity contribution in [2.45, 2.75) is 32.4 Å². The standard InChI is InChI=1S/C22H22N2O/c1-14-4-6-17(7-5-14)18-8-9-20-16(3)24(13-19(20)12-18)21-10-11-22(25)23-15(21)2/h4-9,12,21H,2-3,10-11,13H2,1H3,(H,23,25)/t21-/m0/s1. The van der Waals surface area contributed by atoms with Gasteiger partial charge in [-0.05, 0) is 36.1 Å². The van der Waals surface area contributed by atoms with Crippen LogP contribution < -0.4 is 5.32 Å². The molecule has 4 rings (SSSR count). The van der Waals surface area contributed by atoms with E-state index in [1.165, 1.54) is 27.8 Å². The molecule has 2 heterocycles. The number of piperidine rings is 1. The summed E-state index contributed by atoms with van der Waals surface area (Å²) in [4.78, 5) is 13.8. The maximum absolute atomic E-state index is 11.5. The van der Waals surface area contributed by atoms with Crippen LogP contribution >= 0.6 is 0 Å². The van der Waals surface area contributed by atoms with Crippen molar-refractivity contribution in [2.75, 3.05) is 0 Å². The number of nitrogens with zero attached hydrogens (tertiary/aromatic N) is 1. The number of benzene rings is 2. The second-order valence-electron chi connectivity index (χ2n) is 6.94. The molecule has 1 saturated heterocycles. The van der Waals surface area contributed by atoms with E-state index in [-0.39, 0.29) is 11.9 Å². The summed E-state index contributed by atoms with van der Waals surface area (Å²) < 4.78 is 0. The second kappa shape index (κ2) is 5.92. The van der Waals surface area contributed by atoms with Crippen molar-refractivity contribution in [1.29, 1.82) is 0 Å². The average molecular weight is 330 g/mol. The Morgan fingerprint density at radius 3 is 2.52 bits per heavy atom. The van der Waals surface area contributed by atoms with Gasteiger partial charge in [-0.25, -0.2) is 0 Å². The van der Waals surface area contributed by atoms with Crippen molar-refractivity contribution in [3.05, 3.63) is 78.0 Å². The van der Waals surface area contributed by atoms with Crippen molar-refractivity contribution < 1.29 is 4.79 Å². The van der Waals surface area contributed by atoms with Gasteiger partial charge in [0.05, 0.1) is 6.04 Å². The fraction of sp³-hybridized carbons (Fsp3) is 0.227. The minimum absolute atomic E-state index is 0.0604. The van der Waals surface area contributed by atoms with E-state index in [9.17, 15) is 4.79 Å². The maximum Gasteiger partial charge on any atom is 0.224 e. The number of carbonyl (C=O) groups excluding carboxylic acids is 1. The van der Waals surface area contributed by atoms with E-state index in [1.54, 1.807) is 0 Å². The average Bonchev–Trinajstić information content (AvgIpc) is 2.92. The van der Waals surface area contributed by atoms with Crippen molar-refractivity contribution in [1.82, 2.24) is 10.2 Å². The Kier molecular flexibility index (Phi) is 3.72. The van der Waals surface area contributed by atoms with Crippen molar-refractivity contribution in [3.8, 4) is 11.1 Å². The third kappa shape index (κ3) is 2.76. The molecule has 2 aliphatic heterocycles. The second-order valence-corrected chi connectivity index (χ2v) is 6.94. The summed E-state index contributed by atoms with van der Waals surface area (Å²) in [5.41, 5.74) is 8.00. The smallest absolute Gasteiger partial charge is 0.224 e. The zero-order valence-corrected chi connectivity index (χ0v) is 14.5. The maximum atomic E-state index is 11.5. The van der Waals surface area contributed by atoms with Gasteiger partial charge in [0.1, 0.15) is 0 Å². The number of carbonyl (C=O) groups is 1. The monoisotopic (exact) mass is 330 g/mol. The number of nitrogens with one attached hydrogen (secondary N) is 1. The molecule has 2 aliphatic rings. The van der Waals surface area contributed by atoms with Crippen LogP contribution in [-0.4, -0.2) is 16.8 Å². The first-order valence-electron chi connectivity index (χ1n) is 8.67. The Hall–Kier alpha value is -2.81. The third-order valence-electron chi connectivity index (χ3n) is 5.21. The minimum Gasteiger partial charge on any atom is -0.359 e. The highest BCUT2D eigenvalue weighted by atomic mass is 16.1. The lowest BCUT2D eigenvalue weighted by Crippen LogP contribution is -2.43. The van der Waals surface area contributed by atoms with Crippen LogP contribution in [-0.2, 0) is 11.3 Å². The molecule has 1 atom stereocenters. The zero-order chi connectivity index (χ0) is 17.6. The van der Waals surface area contributed by atoms with Crippen molar-refractivity contribution in [2.24, 2.45) is 0 Å². The van der Waals surface area contributed by atoms with Gasteiger partial charge in [-0.15, -0.1) is 0 Å².